The molecule has 0 atom stereocenters. The van der Waals surface area contributed by atoms with Crippen LogP contribution in [0.2, 0.25) is 0 Å². The Bertz CT molecular complexity index is 769. The van der Waals surface area contributed by atoms with Crippen molar-refractivity contribution in [2.45, 2.75) is 44.2 Å². The monoisotopic (exact) mass is 354 g/mol. The van der Waals surface area contributed by atoms with Crippen molar-refractivity contribution in [3.05, 3.63) is 23.8 Å². The van der Waals surface area contributed by atoms with Crippen molar-refractivity contribution in [1.29, 1.82) is 0 Å². The van der Waals surface area contributed by atoms with Crippen LogP contribution in [0.15, 0.2) is 28.4 Å². The zero-order chi connectivity index (χ0) is 18.6. The number of nitrogens with one attached hydrogen (secondary N) is 1. The van der Waals surface area contributed by atoms with Crippen molar-refractivity contribution >= 4 is 23.3 Å². The molecule has 2 heterocycles. The third-order valence-electron chi connectivity index (χ3n) is 4.77. The number of anilines is 2. The number of hydrogen-bond donors (Lipinski definition) is 2. The van der Waals surface area contributed by atoms with Crippen LogP contribution in [0.4, 0.5) is 11.4 Å². The Morgan fingerprint density at radius 2 is 2.00 bits per heavy atom. The SMILES string of the molecule is C#CCCC1(CCC(=O)Nc2cc(C(=O)O)ccc2N2CCCC2)N=N1. The topological polar surface area (TPSA) is 94.4 Å². The van der Waals surface area contributed by atoms with Crippen LogP contribution in [0.3, 0.4) is 0 Å². The first kappa shape index (κ1) is 17.9. The Balaban J connectivity index is 1.67. The molecule has 0 bridgehead atoms. The second kappa shape index (κ2) is 7.56. The van der Waals surface area contributed by atoms with Gasteiger partial charge in [0.05, 0.1) is 16.9 Å². The van der Waals surface area contributed by atoms with E-state index in [0.717, 1.165) is 31.6 Å². The maximum absolute atomic E-state index is 12.4. The van der Waals surface area contributed by atoms with Gasteiger partial charge in [0, 0.05) is 38.8 Å². The molecule has 1 aromatic rings. The average Bonchev–Trinajstić information content (AvgIpc) is 3.19. The van der Waals surface area contributed by atoms with Crippen LogP contribution in [-0.4, -0.2) is 35.7 Å². The minimum Gasteiger partial charge on any atom is -0.478 e. The predicted octanol–water partition coefficient (Wildman–Crippen LogP) is 3.28. The fourth-order valence-corrected chi connectivity index (χ4v) is 3.20. The maximum Gasteiger partial charge on any atom is 0.335 e. The first-order valence-electron chi connectivity index (χ1n) is 8.83. The van der Waals surface area contributed by atoms with Crippen molar-refractivity contribution in [3.63, 3.8) is 0 Å². The highest BCUT2D eigenvalue weighted by molar-refractivity contribution is 5.97. The number of amides is 1. The van der Waals surface area contributed by atoms with E-state index >= 15 is 0 Å². The molecule has 0 saturated carbocycles. The van der Waals surface area contributed by atoms with Gasteiger partial charge < -0.3 is 15.3 Å². The summed E-state index contributed by atoms with van der Waals surface area (Å²) in [5.41, 5.74) is 1.06. The predicted molar refractivity (Wildman–Crippen MR) is 98.4 cm³/mol. The van der Waals surface area contributed by atoms with E-state index in [0.29, 0.717) is 24.9 Å². The van der Waals surface area contributed by atoms with Crippen molar-refractivity contribution < 1.29 is 14.7 Å². The van der Waals surface area contributed by atoms with Crippen molar-refractivity contribution in [3.8, 4) is 12.3 Å². The molecule has 1 saturated heterocycles. The highest BCUT2D eigenvalue weighted by atomic mass is 16.4. The molecule has 7 nitrogen and oxygen atoms in total. The van der Waals surface area contributed by atoms with Crippen molar-refractivity contribution in [2.24, 2.45) is 10.2 Å². The molecule has 0 unspecified atom stereocenters. The van der Waals surface area contributed by atoms with Crippen LogP contribution in [0.1, 0.15) is 48.9 Å². The second-order valence-electron chi connectivity index (χ2n) is 6.67. The average molecular weight is 354 g/mol. The van der Waals surface area contributed by atoms with Crippen LogP contribution < -0.4 is 10.2 Å². The second-order valence-corrected chi connectivity index (χ2v) is 6.67. The lowest BCUT2D eigenvalue weighted by molar-refractivity contribution is -0.116. The third-order valence-corrected chi connectivity index (χ3v) is 4.77. The minimum absolute atomic E-state index is 0.154. The van der Waals surface area contributed by atoms with Crippen LogP contribution >= 0.6 is 0 Å². The van der Waals surface area contributed by atoms with Gasteiger partial charge in [0.1, 0.15) is 0 Å². The van der Waals surface area contributed by atoms with Gasteiger partial charge in [-0.25, -0.2) is 4.79 Å². The van der Waals surface area contributed by atoms with Crippen LogP contribution in [0.25, 0.3) is 0 Å². The summed E-state index contributed by atoms with van der Waals surface area (Å²) in [6, 6.07) is 4.86. The number of terminal acetylenes is 1. The summed E-state index contributed by atoms with van der Waals surface area (Å²) in [6.07, 6.45) is 9.46. The Hall–Kier alpha value is -2.88. The molecule has 3 rings (SSSR count). The molecule has 136 valence electrons. The Kier molecular flexibility index (Phi) is 5.21. The fraction of sp³-hybridized carbons (Fsp3) is 0.474. The number of aromatic carboxylic acids is 1. The minimum atomic E-state index is -1.02. The molecule has 2 N–H and O–H groups in total. The van der Waals surface area contributed by atoms with E-state index in [-0.39, 0.29) is 17.9 Å². The summed E-state index contributed by atoms with van der Waals surface area (Å²) in [6.45, 7) is 1.81. The zero-order valence-electron chi connectivity index (χ0n) is 14.6. The summed E-state index contributed by atoms with van der Waals surface area (Å²) in [5, 5.41) is 20.2. The lowest BCUT2D eigenvalue weighted by atomic mass is 10.0. The summed E-state index contributed by atoms with van der Waals surface area (Å²) in [7, 11) is 0. The van der Waals surface area contributed by atoms with Crippen LogP contribution in [-0.2, 0) is 4.79 Å². The van der Waals surface area contributed by atoms with E-state index in [2.05, 4.69) is 26.4 Å². The Morgan fingerprint density at radius 1 is 1.27 bits per heavy atom. The number of benzene rings is 1. The summed E-state index contributed by atoms with van der Waals surface area (Å²) in [5.74, 6) is 1.37. The molecule has 2 aliphatic heterocycles. The molecule has 1 aromatic carbocycles. The molecule has 7 heteroatoms. The highest BCUT2D eigenvalue weighted by Crippen LogP contribution is 2.38. The van der Waals surface area contributed by atoms with Gasteiger partial charge in [-0.05, 0) is 31.0 Å². The smallest absolute Gasteiger partial charge is 0.335 e. The van der Waals surface area contributed by atoms with Gasteiger partial charge >= 0.3 is 5.97 Å². The van der Waals surface area contributed by atoms with Crippen molar-refractivity contribution in [2.75, 3.05) is 23.3 Å². The van der Waals surface area contributed by atoms with E-state index in [9.17, 15) is 14.7 Å². The maximum atomic E-state index is 12.4. The summed E-state index contributed by atoms with van der Waals surface area (Å²) in [4.78, 5) is 25.8. The van der Waals surface area contributed by atoms with E-state index < -0.39 is 11.6 Å². The highest BCUT2D eigenvalue weighted by Gasteiger charge is 2.39. The number of hydrogen-bond acceptors (Lipinski definition) is 5. The normalized spacial score (nSPS) is 17.0. The third kappa shape index (κ3) is 4.20. The Morgan fingerprint density at radius 3 is 2.62 bits per heavy atom. The standard InChI is InChI=1S/C19H22N4O3/c1-2-3-9-19(21-22-19)10-8-17(24)20-15-13-14(18(25)26)6-7-16(15)23-11-4-5-12-23/h1,6-7,13H,3-5,8-12H2,(H,20,24)(H,25,26). The molecule has 0 aromatic heterocycles. The first-order chi connectivity index (χ1) is 12.5. The van der Waals surface area contributed by atoms with Gasteiger partial charge in [-0.3, -0.25) is 4.79 Å². The molecular weight excluding hydrogens is 332 g/mol. The van der Waals surface area contributed by atoms with E-state index in [1.54, 1.807) is 12.1 Å². The van der Waals surface area contributed by atoms with Gasteiger partial charge in [-0.1, -0.05) is 0 Å². The van der Waals surface area contributed by atoms with Gasteiger partial charge in [-0.2, -0.15) is 10.2 Å². The molecular formula is C19H22N4O3. The largest absolute Gasteiger partial charge is 0.478 e. The Labute approximate surface area is 152 Å². The molecule has 2 aliphatic rings. The van der Waals surface area contributed by atoms with E-state index in [1.807, 2.05) is 0 Å². The lowest BCUT2D eigenvalue weighted by Gasteiger charge is -2.22. The zero-order valence-corrected chi connectivity index (χ0v) is 14.6. The van der Waals surface area contributed by atoms with E-state index in [1.165, 1.54) is 6.07 Å². The van der Waals surface area contributed by atoms with Gasteiger partial charge in [0.15, 0.2) is 5.66 Å². The molecule has 0 radical (unpaired) electrons. The summed E-state index contributed by atoms with van der Waals surface area (Å²) < 4.78 is 0. The van der Waals surface area contributed by atoms with Crippen molar-refractivity contribution in [1.82, 2.24) is 0 Å². The fourth-order valence-electron chi connectivity index (χ4n) is 3.20. The molecule has 26 heavy (non-hydrogen) atoms. The number of carboxylic acids is 1. The quantitative estimate of drug-likeness (QED) is 0.701. The van der Waals surface area contributed by atoms with E-state index in [4.69, 9.17) is 6.42 Å². The number of carbonyl (C=O) groups excluding carboxylic acids is 1. The number of carboxylic acid groups (broad SMARTS) is 1. The number of rotatable bonds is 8. The summed E-state index contributed by atoms with van der Waals surface area (Å²) >= 11 is 0. The number of carbonyl (C=O) groups is 2. The number of nitrogens with zero attached hydrogens (tertiary/aromatic N) is 3. The lowest BCUT2D eigenvalue weighted by Crippen LogP contribution is -2.22. The molecule has 1 fully saturated rings. The molecule has 1 amide bonds. The van der Waals surface area contributed by atoms with Gasteiger partial charge in [0.2, 0.25) is 5.91 Å². The van der Waals surface area contributed by atoms with Gasteiger partial charge in [0.25, 0.3) is 0 Å². The molecule has 0 spiro atoms. The first-order valence-corrected chi connectivity index (χ1v) is 8.83. The molecule has 0 aliphatic carbocycles. The van der Waals surface area contributed by atoms with Crippen LogP contribution in [0.5, 0.6) is 0 Å². The van der Waals surface area contributed by atoms with Crippen LogP contribution in [0, 0.1) is 12.3 Å². The van der Waals surface area contributed by atoms with Gasteiger partial charge in [-0.15, -0.1) is 12.3 Å².